The molecule has 2 aromatic carbocycles. The molecule has 1 saturated carbocycles. The lowest BCUT2D eigenvalue weighted by Gasteiger charge is -2.02. The fourth-order valence-corrected chi connectivity index (χ4v) is 3.69. The second kappa shape index (κ2) is 6.63. The number of aromatic nitrogens is 6. The van der Waals surface area contributed by atoms with Gasteiger partial charge in [0.2, 0.25) is 0 Å². The molecule has 1 aliphatic rings. The first-order valence-electron chi connectivity index (χ1n) is 9.98. The van der Waals surface area contributed by atoms with Gasteiger partial charge < -0.3 is 5.32 Å². The summed E-state index contributed by atoms with van der Waals surface area (Å²) in [6, 6.07) is 12.8. The van der Waals surface area contributed by atoms with E-state index in [1.54, 1.807) is 41.0 Å². The molecule has 152 valence electrons. The smallest absolute Gasteiger partial charge is 0.251 e. The van der Waals surface area contributed by atoms with Crippen LogP contribution >= 0.6 is 0 Å². The van der Waals surface area contributed by atoms with Crippen molar-refractivity contribution in [3.63, 3.8) is 0 Å². The lowest BCUT2D eigenvalue weighted by atomic mass is 10.0. The van der Waals surface area contributed by atoms with E-state index in [1.807, 2.05) is 12.1 Å². The predicted molar refractivity (Wildman–Crippen MR) is 113 cm³/mol. The molecule has 5 aromatic rings. The molecule has 3 heterocycles. The van der Waals surface area contributed by atoms with Crippen LogP contribution in [0.4, 0.5) is 0 Å². The van der Waals surface area contributed by atoms with Crippen LogP contribution in [0.15, 0.2) is 55.0 Å². The number of nitrogens with zero attached hydrogens (tertiary/aromatic N) is 4. The van der Waals surface area contributed by atoms with E-state index in [1.165, 1.54) is 6.33 Å². The maximum atomic E-state index is 13.2. The van der Waals surface area contributed by atoms with Crippen molar-refractivity contribution >= 4 is 28.4 Å². The average molecular weight is 411 g/mol. The third-order valence-electron chi connectivity index (χ3n) is 5.47. The molecule has 3 aromatic heterocycles. The minimum Gasteiger partial charge on any atom is -0.349 e. The molecule has 3 N–H and O–H groups in total. The highest BCUT2D eigenvalue weighted by Gasteiger charge is 2.24. The quantitative estimate of drug-likeness (QED) is 0.384. The molecule has 1 aliphatic carbocycles. The SMILES string of the molecule is O=C(NC1CC1)c1ccc2nc3c(C(=O)c4cccc(-c5ncn[nH]5)c4)c[nH]n3c2c1. The van der Waals surface area contributed by atoms with Crippen molar-refractivity contribution in [1.29, 1.82) is 0 Å². The molecular formula is C22H17N7O2. The standard InChI is InChI=1S/C22H17N7O2/c30-19(12-2-1-3-13(8-12)20-23-11-24-28-20)16-10-25-29-18-9-14(22(31)26-15-5-6-15)4-7-17(18)27-21(16)29/h1-4,7-11,15,25H,5-6H2,(H,26,31)(H,23,24,28). The highest BCUT2D eigenvalue weighted by molar-refractivity contribution is 6.13. The Balaban J connectivity index is 1.39. The van der Waals surface area contributed by atoms with Gasteiger partial charge in [0.15, 0.2) is 17.3 Å². The monoisotopic (exact) mass is 411 g/mol. The normalized spacial score (nSPS) is 13.7. The van der Waals surface area contributed by atoms with Crippen molar-refractivity contribution in [2.45, 2.75) is 18.9 Å². The van der Waals surface area contributed by atoms with Crippen LogP contribution in [0.3, 0.4) is 0 Å². The largest absolute Gasteiger partial charge is 0.349 e. The van der Waals surface area contributed by atoms with Crippen molar-refractivity contribution in [2.24, 2.45) is 0 Å². The molecule has 0 unspecified atom stereocenters. The number of hydrogen-bond acceptors (Lipinski definition) is 5. The van der Waals surface area contributed by atoms with Crippen LogP contribution in [0.1, 0.15) is 39.1 Å². The van der Waals surface area contributed by atoms with Gasteiger partial charge in [-0.3, -0.25) is 19.8 Å². The van der Waals surface area contributed by atoms with Crippen molar-refractivity contribution in [1.82, 2.24) is 35.1 Å². The summed E-state index contributed by atoms with van der Waals surface area (Å²) in [6.07, 6.45) is 5.13. The topological polar surface area (TPSA) is 121 Å². The number of fused-ring (bicyclic) bond motifs is 3. The molecule has 0 spiro atoms. The minimum absolute atomic E-state index is 0.0913. The maximum Gasteiger partial charge on any atom is 0.251 e. The fraction of sp³-hybridized carbons (Fsp3) is 0.136. The van der Waals surface area contributed by atoms with Gasteiger partial charge in [0, 0.05) is 28.9 Å². The number of aromatic amines is 2. The van der Waals surface area contributed by atoms with Crippen LogP contribution in [0.5, 0.6) is 0 Å². The van der Waals surface area contributed by atoms with E-state index in [4.69, 9.17) is 0 Å². The van der Waals surface area contributed by atoms with Crippen LogP contribution in [0.25, 0.3) is 28.1 Å². The van der Waals surface area contributed by atoms with Crippen molar-refractivity contribution in [3.05, 3.63) is 71.7 Å². The zero-order valence-corrected chi connectivity index (χ0v) is 16.3. The number of amides is 1. The third-order valence-corrected chi connectivity index (χ3v) is 5.47. The number of hydrogen-bond donors (Lipinski definition) is 3. The molecule has 1 amide bonds. The van der Waals surface area contributed by atoms with E-state index in [9.17, 15) is 9.59 Å². The van der Waals surface area contributed by atoms with Crippen LogP contribution in [0, 0.1) is 0 Å². The van der Waals surface area contributed by atoms with E-state index in [-0.39, 0.29) is 17.7 Å². The average Bonchev–Trinajstić information content (AvgIpc) is 3.20. The number of carbonyl (C=O) groups excluding carboxylic acids is 2. The van der Waals surface area contributed by atoms with Gasteiger partial charge in [0.25, 0.3) is 5.91 Å². The summed E-state index contributed by atoms with van der Waals surface area (Å²) in [5.41, 5.74) is 4.29. The molecule has 9 nitrogen and oxygen atoms in total. The summed E-state index contributed by atoms with van der Waals surface area (Å²) in [6.45, 7) is 0. The molecule has 0 bridgehead atoms. The molecule has 0 aliphatic heterocycles. The Morgan fingerprint density at radius 1 is 1.10 bits per heavy atom. The van der Waals surface area contributed by atoms with Gasteiger partial charge in [0.05, 0.1) is 16.6 Å². The lowest BCUT2D eigenvalue weighted by Crippen LogP contribution is -2.25. The Labute approximate surface area is 175 Å². The molecule has 9 heteroatoms. The number of rotatable bonds is 5. The molecule has 6 rings (SSSR count). The molecule has 0 saturated heterocycles. The highest BCUT2D eigenvalue weighted by Crippen LogP contribution is 2.24. The number of ketones is 1. The summed E-state index contributed by atoms with van der Waals surface area (Å²) >= 11 is 0. The van der Waals surface area contributed by atoms with Crippen molar-refractivity contribution in [3.8, 4) is 11.4 Å². The minimum atomic E-state index is -0.158. The molecule has 1 fully saturated rings. The first kappa shape index (κ1) is 17.6. The van der Waals surface area contributed by atoms with Gasteiger partial charge >= 0.3 is 0 Å². The third kappa shape index (κ3) is 2.98. The van der Waals surface area contributed by atoms with Crippen LogP contribution < -0.4 is 5.32 Å². The van der Waals surface area contributed by atoms with E-state index >= 15 is 0 Å². The summed E-state index contributed by atoms with van der Waals surface area (Å²) in [5, 5.41) is 12.8. The van der Waals surface area contributed by atoms with Crippen molar-refractivity contribution < 1.29 is 9.59 Å². The highest BCUT2D eigenvalue weighted by atomic mass is 16.1. The Hall–Kier alpha value is -4.27. The molecule has 0 atom stereocenters. The number of imidazole rings is 1. The molecule has 31 heavy (non-hydrogen) atoms. The van der Waals surface area contributed by atoms with Gasteiger partial charge in [-0.15, -0.1) is 0 Å². The predicted octanol–water partition coefficient (Wildman–Crippen LogP) is 2.72. The zero-order chi connectivity index (χ0) is 20.9. The number of carbonyl (C=O) groups is 2. The van der Waals surface area contributed by atoms with Gasteiger partial charge in [-0.2, -0.15) is 5.10 Å². The summed E-state index contributed by atoms with van der Waals surface area (Å²) < 4.78 is 1.73. The van der Waals surface area contributed by atoms with E-state index < -0.39 is 0 Å². The molecule has 0 radical (unpaired) electrons. The Morgan fingerprint density at radius 3 is 2.81 bits per heavy atom. The second-order valence-electron chi connectivity index (χ2n) is 7.65. The first-order chi connectivity index (χ1) is 15.2. The summed E-state index contributed by atoms with van der Waals surface area (Å²) in [7, 11) is 0. The number of benzene rings is 2. The van der Waals surface area contributed by atoms with Gasteiger partial charge in [-0.05, 0) is 37.1 Å². The van der Waals surface area contributed by atoms with Gasteiger partial charge in [-0.1, -0.05) is 18.2 Å². The van der Waals surface area contributed by atoms with Crippen LogP contribution in [-0.2, 0) is 0 Å². The first-order valence-corrected chi connectivity index (χ1v) is 9.98. The Bertz CT molecular complexity index is 1460. The summed E-state index contributed by atoms with van der Waals surface area (Å²) in [5.74, 6) is 0.346. The number of nitrogens with one attached hydrogen (secondary N) is 3. The van der Waals surface area contributed by atoms with E-state index in [2.05, 4.69) is 30.6 Å². The van der Waals surface area contributed by atoms with Gasteiger partial charge in [-0.25, -0.2) is 14.5 Å². The number of H-pyrrole nitrogens is 2. The van der Waals surface area contributed by atoms with Gasteiger partial charge in [0.1, 0.15) is 6.33 Å². The van der Waals surface area contributed by atoms with E-state index in [0.29, 0.717) is 33.7 Å². The van der Waals surface area contributed by atoms with Crippen molar-refractivity contribution in [2.75, 3.05) is 0 Å². The van der Waals surface area contributed by atoms with Crippen LogP contribution in [-0.4, -0.2) is 47.5 Å². The summed E-state index contributed by atoms with van der Waals surface area (Å²) in [4.78, 5) is 34.4. The Morgan fingerprint density at radius 2 is 2.00 bits per heavy atom. The Kier molecular flexibility index (Phi) is 3.76. The lowest BCUT2D eigenvalue weighted by molar-refractivity contribution is 0.0950. The fourth-order valence-electron chi connectivity index (χ4n) is 3.69. The van der Waals surface area contributed by atoms with Crippen LogP contribution in [0.2, 0.25) is 0 Å². The molecular weight excluding hydrogens is 394 g/mol. The van der Waals surface area contributed by atoms with E-state index in [0.717, 1.165) is 23.9 Å². The zero-order valence-electron chi connectivity index (χ0n) is 16.3. The maximum absolute atomic E-state index is 13.2. The second-order valence-corrected chi connectivity index (χ2v) is 7.65.